The molecule has 1 saturated heterocycles. The zero-order valence-electron chi connectivity index (χ0n) is 18.3. The van der Waals surface area contributed by atoms with Crippen LogP contribution in [0.2, 0.25) is 0 Å². The van der Waals surface area contributed by atoms with Gasteiger partial charge in [-0.25, -0.2) is 0 Å². The molecule has 1 radical (unpaired) electrons. The summed E-state index contributed by atoms with van der Waals surface area (Å²) < 4.78 is 4.14. The molecule has 0 saturated carbocycles. The number of hydrogen-bond donors (Lipinski definition) is 2. The molecule has 1 amide bonds. The Balaban J connectivity index is 1.45. The fraction of sp³-hybridized carbons (Fsp3) is 0.304. The second-order valence-electron chi connectivity index (χ2n) is 7.93. The number of hydrogen-bond acceptors (Lipinski definition) is 6. The van der Waals surface area contributed by atoms with Gasteiger partial charge in [-0.3, -0.25) is 0 Å². The second kappa shape index (κ2) is 10.1. The molecule has 3 heterocycles. The van der Waals surface area contributed by atoms with E-state index >= 15 is 0 Å². The Bertz CT molecular complexity index is 1110. The zero-order chi connectivity index (χ0) is 22.5. The molecule has 4 rings (SSSR count). The van der Waals surface area contributed by atoms with Gasteiger partial charge in [-0.15, -0.1) is 0 Å². The number of aromatic nitrogens is 4. The monoisotopic (exact) mass is 492 g/mol. The Labute approximate surface area is 194 Å². The van der Waals surface area contributed by atoms with Crippen LogP contribution in [0.3, 0.4) is 0 Å². The third kappa shape index (κ3) is 5.63. The van der Waals surface area contributed by atoms with Crippen LogP contribution in [0.5, 0.6) is 0 Å². The van der Waals surface area contributed by atoms with Gasteiger partial charge in [-0.2, -0.15) is 0 Å². The Hall–Kier alpha value is -2.96. The summed E-state index contributed by atoms with van der Waals surface area (Å²) in [4.78, 5) is 23.3. The van der Waals surface area contributed by atoms with Gasteiger partial charge in [0.15, 0.2) is 0 Å². The molecule has 0 bridgehead atoms. The van der Waals surface area contributed by atoms with Gasteiger partial charge in [-0.05, 0) is 0 Å². The Morgan fingerprint density at radius 2 is 2.03 bits per heavy atom. The molecule has 0 aliphatic carbocycles. The summed E-state index contributed by atoms with van der Waals surface area (Å²) in [6.45, 7) is 7.69. The zero-order valence-corrected chi connectivity index (χ0v) is 20.2. The Morgan fingerprint density at radius 3 is 2.81 bits per heavy atom. The molecule has 3 aromatic rings. The van der Waals surface area contributed by atoms with E-state index in [4.69, 9.17) is 4.98 Å². The summed E-state index contributed by atoms with van der Waals surface area (Å²) in [5.74, 6) is 0.521. The number of aryl methyl sites for hydroxylation is 1. The number of carbonyl (C=O) groups is 1. The van der Waals surface area contributed by atoms with E-state index in [1.807, 2.05) is 43.6 Å². The Kier molecular flexibility index (Phi) is 7.02. The molecule has 2 N–H and O–H groups in total. The predicted octanol–water partition coefficient (Wildman–Crippen LogP) is 1.77. The molecule has 2 aromatic heterocycles. The SMILES string of the molecule is C=CC(=O)Nc1cccc(Nc2nc([As]c3cnn(C4CCN(C)CC4)c3)ncc2C)c1. The van der Waals surface area contributed by atoms with E-state index in [0.29, 0.717) is 11.7 Å². The number of nitrogens with zero attached hydrogens (tertiary/aromatic N) is 5. The first-order valence-corrected chi connectivity index (χ1v) is 12.5. The van der Waals surface area contributed by atoms with Crippen LogP contribution in [0, 0.1) is 6.92 Å². The molecule has 165 valence electrons. The van der Waals surface area contributed by atoms with Crippen LogP contribution < -0.4 is 19.6 Å². The summed E-state index contributed by atoms with van der Waals surface area (Å²) in [7, 11) is 2.17. The van der Waals surface area contributed by atoms with Crippen molar-refractivity contribution in [2.24, 2.45) is 0 Å². The van der Waals surface area contributed by atoms with Crippen molar-refractivity contribution in [3.63, 3.8) is 0 Å². The first kappa shape index (κ1) is 22.2. The molecule has 1 aromatic carbocycles. The summed E-state index contributed by atoms with van der Waals surface area (Å²) in [6.07, 6.45) is 9.49. The fourth-order valence-electron chi connectivity index (χ4n) is 3.58. The Morgan fingerprint density at radius 1 is 1.25 bits per heavy atom. The van der Waals surface area contributed by atoms with Gasteiger partial charge < -0.3 is 0 Å². The third-order valence-electron chi connectivity index (χ3n) is 5.42. The quantitative estimate of drug-likeness (QED) is 0.386. The van der Waals surface area contributed by atoms with Crippen LogP contribution in [0.15, 0.2) is 55.5 Å². The molecular weight excluding hydrogens is 465 g/mol. The number of rotatable bonds is 7. The number of carbonyl (C=O) groups excluding carboxylic acids is 1. The van der Waals surface area contributed by atoms with E-state index in [9.17, 15) is 4.79 Å². The van der Waals surface area contributed by atoms with Crippen molar-refractivity contribution in [3.05, 3.63) is 61.1 Å². The summed E-state index contributed by atoms with van der Waals surface area (Å²) in [5.41, 5.74) is 2.49. The van der Waals surface area contributed by atoms with Crippen LogP contribution in [-0.4, -0.2) is 66.4 Å². The van der Waals surface area contributed by atoms with E-state index in [0.717, 1.165) is 47.6 Å². The fourth-order valence-corrected chi connectivity index (χ4v) is 5.22. The first-order chi connectivity index (χ1) is 15.5. The first-order valence-electron chi connectivity index (χ1n) is 10.6. The van der Waals surface area contributed by atoms with Crippen molar-refractivity contribution in [2.45, 2.75) is 25.8 Å². The van der Waals surface area contributed by atoms with E-state index < -0.39 is 0 Å². The van der Waals surface area contributed by atoms with Gasteiger partial charge >= 0.3 is 195 Å². The molecule has 8 nitrogen and oxygen atoms in total. The average Bonchev–Trinajstić information content (AvgIpc) is 3.25. The number of benzene rings is 1. The molecule has 0 atom stereocenters. The molecular formula is C23H27AsN7O. The van der Waals surface area contributed by atoms with Gasteiger partial charge in [0, 0.05) is 0 Å². The molecule has 1 fully saturated rings. The van der Waals surface area contributed by atoms with Crippen molar-refractivity contribution in [3.8, 4) is 0 Å². The van der Waals surface area contributed by atoms with E-state index in [-0.39, 0.29) is 21.7 Å². The predicted molar refractivity (Wildman–Crippen MR) is 128 cm³/mol. The number of piperidine rings is 1. The van der Waals surface area contributed by atoms with Crippen molar-refractivity contribution >= 4 is 47.8 Å². The molecule has 1 aliphatic rings. The van der Waals surface area contributed by atoms with Crippen LogP contribution in [0.1, 0.15) is 24.4 Å². The summed E-state index contributed by atoms with van der Waals surface area (Å²) in [6, 6.07) is 7.98. The van der Waals surface area contributed by atoms with Crippen LogP contribution in [-0.2, 0) is 4.79 Å². The third-order valence-corrected chi connectivity index (χ3v) is 7.31. The maximum absolute atomic E-state index is 11.6. The normalized spacial score (nSPS) is 15.2. The van der Waals surface area contributed by atoms with Crippen LogP contribution in [0.25, 0.3) is 0 Å². The van der Waals surface area contributed by atoms with E-state index in [1.54, 1.807) is 0 Å². The molecule has 0 spiro atoms. The van der Waals surface area contributed by atoms with Crippen molar-refractivity contribution in [1.82, 2.24) is 24.6 Å². The van der Waals surface area contributed by atoms with Crippen molar-refractivity contribution in [2.75, 3.05) is 30.8 Å². The minimum absolute atomic E-state index is 0.243. The molecule has 1 aliphatic heterocycles. The number of likely N-dealkylation sites (tertiary alicyclic amines) is 1. The maximum atomic E-state index is 11.6. The summed E-state index contributed by atoms with van der Waals surface area (Å²) in [5, 5.41) is 10.7. The van der Waals surface area contributed by atoms with Gasteiger partial charge in [0.1, 0.15) is 0 Å². The van der Waals surface area contributed by atoms with Crippen molar-refractivity contribution in [1.29, 1.82) is 0 Å². The van der Waals surface area contributed by atoms with Crippen molar-refractivity contribution < 1.29 is 4.79 Å². The number of amides is 1. The van der Waals surface area contributed by atoms with Gasteiger partial charge in [0.2, 0.25) is 0 Å². The molecule has 0 unspecified atom stereocenters. The van der Waals surface area contributed by atoms with Gasteiger partial charge in [0.05, 0.1) is 0 Å². The topological polar surface area (TPSA) is 88.0 Å². The average molecular weight is 492 g/mol. The number of nitrogens with one attached hydrogen (secondary N) is 2. The van der Waals surface area contributed by atoms with Gasteiger partial charge in [-0.1, -0.05) is 0 Å². The molecule has 9 heteroatoms. The summed E-state index contributed by atoms with van der Waals surface area (Å²) >= 11 is -0.362. The van der Waals surface area contributed by atoms with Gasteiger partial charge in [0.25, 0.3) is 0 Å². The second-order valence-corrected chi connectivity index (χ2v) is 10.3. The van der Waals surface area contributed by atoms with Crippen LogP contribution >= 0.6 is 0 Å². The standard InChI is InChI=1S/C23H27AsN7O/c1-4-21(32)27-18-6-5-7-19(12-18)28-22-16(2)13-25-23(29-22)24-17-14-26-31(15-17)20-8-10-30(3)11-9-20/h4-7,12-15,20H,1,8-11H2,2-3H3,(H,27,32)(H,25,28,29). The minimum atomic E-state index is -0.362. The van der Waals surface area contributed by atoms with E-state index in [2.05, 4.69) is 50.1 Å². The molecule has 32 heavy (non-hydrogen) atoms. The van der Waals surface area contributed by atoms with E-state index in [1.165, 1.54) is 10.4 Å². The van der Waals surface area contributed by atoms with Crippen LogP contribution in [0.4, 0.5) is 17.2 Å². The number of anilines is 3.